The van der Waals surface area contributed by atoms with Gasteiger partial charge >= 0.3 is 0 Å². The number of rotatable bonds is 4. The monoisotopic (exact) mass is 256 g/mol. The van der Waals surface area contributed by atoms with Crippen molar-refractivity contribution in [1.29, 1.82) is 0 Å². The van der Waals surface area contributed by atoms with Gasteiger partial charge in [0.15, 0.2) is 11.6 Å². The number of halogens is 2. The average molecular weight is 256 g/mol. The van der Waals surface area contributed by atoms with E-state index in [1.807, 2.05) is 0 Å². The number of hydrogen-bond acceptors (Lipinski definition) is 3. The fourth-order valence-corrected chi connectivity index (χ4v) is 2.30. The number of hydrazine groups is 1. The molecule has 1 fully saturated rings. The highest BCUT2D eigenvalue weighted by Crippen LogP contribution is 2.19. The van der Waals surface area contributed by atoms with Gasteiger partial charge in [0.05, 0.1) is 12.1 Å². The summed E-state index contributed by atoms with van der Waals surface area (Å²) in [6, 6.07) is 3.85. The topological polar surface area (TPSA) is 47.3 Å². The van der Waals surface area contributed by atoms with Crippen LogP contribution in [0.1, 0.15) is 24.8 Å². The first-order valence-corrected chi connectivity index (χ1v) is 6.22. The van der Waals surface area contributed by atoms with Gasteiger partial charge in [-0.05, 0) is 43.4 Å². The lowest BCUT2D eigenvalue weighted by molar-refractivity contribution is -0.00745. The molecule has 3 nitrogen and oxygen atoms in total. The first-order chi connectivity index (χ1) is 8.70. The van der Waals surface area contributed by atoms with E-state index in [-0.39, 0.29) is 12.1 Å². The number of ether oxygens (including phenoxy) is 1. The maximum atomic E-state index is 13.1. The third kappa shape index (κ3) is 3.25. The zero-order valence-corrected chi connectivity index (χ0v) is 10.2. The Labute approximate surface area is 105 Å². The Morgan fingerprint density at radius 2 is 2.17 bits per heavy atom. The molecule has 1 saturated heterocycles. The first kappa shape index (κ1) is 13.4. The molecule has 18 heavy (non-hydrogen) atoms. The lowest BCUT2D eigenvalue weighted by Crippen LogP contribution is -2.47. The lowest BCUT2D eigenvalue weighted by atomic mass is 9.96. The molecule has 0 bridgehead atoms. The first-order valence-electron chi connectivity index (χ1n) is 6.22. The molecule has 0 amide bonds. The molecular formula is C13H18F2N2O. The van der Waals surface area contributed by atoms with E-state index in [1.54, 1.807) is 6.07 Å². The van der Waals surface area contributed by atoms with Crippen LogP contribution in [0.4, 0.5) is 8.78 Å². The molecule has 2 atom stereocenters. The normalized spacial score (nSPS) is 21.8. The summed E-state index contributed by atoms with van der Waals surface area (Å²) in [5.74, 6) is 3.87. The molecule has 0 radical (unpaired) electrons. The molecule has 1 aliphatic heterocycles. The zero-order chi connectivity index (χ0) is 13.0. The molecule has 2 rings (SSSR count). The van der Waals surface area contributed by atoms with Crippen LogP contribution in [0.2, 0.25) is 0 Å². The van der Waals surface area contributed by atoms with Crippen molar-refractivity contribution in [1.82, 2.24) is 5.43 Å². The quantitative estimate of drug-likeness (QED) is 0.639. The molecule has 0 saturated carbocycles. The molecule has 1 heterocycles. The van der Waals surface area contributed by atoms with E-state index >= 15 is 0 Å². The van der Waals surface area contributed by atoms with Gasteiger partial charge < -0.3 is 4.74 Å². The van der Waals surface area contributed by atoms with Gasteiger partial charge in [0.2, 0.25) is 0 Å². The van der Waals surface area contributed by atoms with Gasteiger partial charge in [0, 0.05) is 6.61 Å². The average Bonchev–Trinajstić information content (AvgIpc) is 2.41. The second kappa shape index (κ2) is 6.22. The molecule has 100 valence electrons. The molecule has 1 aromatic carbocycles. The highest BCUT2D eigenvalue weighted by Gasteiger charge is 2.24. The summed E-state index contributed by atoms with van der Waals surface area (Å²) in [5.41, 5.74) is 3.43. The molecule has 0 spiro atoms. The number of benzene rings is 1. The SMILES string of the molecule is NNC(Cc1ccc(F)c(F)c1)C1CCCCO1. The number of nitrogens with two attached hydrogens (primary N) is 1. The summed E-state index contributed by atoms with van der Waals surface area (Å²) in [4.78, 5) is 0. The third-order valence-electron chi connectivity index (χ3n) is 3.32. The predicted octanol–water partition coefficient (Wildman–Crippen LogP) is 1.91. The van der Waals surface area contributed by atoms with Crippen LogP contribution in [-0.4, -0.2) is 18.8 Å². The van der Waals surface area contributed by atoms with Crippen LogP contribution in [0.25, 0.3) is 0 Å². The summed E-state index contributed by atoms with van der Waals surface area (Å²) >= 11 is 0. The predicted molar refractivity (Wildman–Crippen MR) is 64.8 cm³/mol. The maximum Gasteiger partial charge on any atom is 0.159 e. The van der Waals surface area contributed by atoms with Crippen LogP contribution in [0, 0.1) is 11.6 Å². The van der Waals surface area contributed by atoms with Gasteiger partial charge in [-0.25, -0.2) is 8.78 Å². The number of hydrogen-bond donors (Lipinski definition) is 2. The fraction of sp³-hybridized carbons (Fsp3) is 0.538. The second-order valence-corrected chi connectivity index (χ2v) is 4.63. The Bertz CT molecular complexity index is 395. The van der Waals surface area contributed by atoms with Crippen molar-refractivity contribution in [3.63, 3.8) is 0 Å². The Hall–Kier alpha value is -1.04. The minimum atomic E-state index is -0.829. The summed E-state index contributed by atoms with van der Waals surface area (Å²) in [5, 5.41) is 0. The summed E-state index contributed by atoms with van der Waals surface area (Å²) in [7, 11) is 0. The maximum absolute atomic E-state index is 13.1. The Balaban J connectivity index is 2.02. The zero-order valence-electron chi connectivity index (χ0n) is 10.2. The van der Waals surface area contributed by atoms with E-state index < -0.39 is 11.6 Å². The highest BCUT2D eigenvalue weighted by molar-refractivity contribution is 5.19. The fourth-order valence-electron chi connectivity index (χ4n) is 2.30. The Morgan fingerprint density at radius 3 is 2.78 bits per heavy atom. The van der Waals surface area contributed by atoms with Crippen LogP contribution in [0.5, 0.6) is 0 Å². The van der Waals surface area contributed by atoms with Crippen molar-refractivity contribution < 1.29 is 13.5 Å². The molecule has 1 aliphatic rings. The highest BCUT2D eigenvalue weighted by atomic mass is 19.2. The van der Waals surface area contributed by atoms with Crippen LogP contribution in [0.15, 0.2) is 18.2 Å². The minimum Gasteiger partial charge on any atom is -0.377 e. The Morgan fingerprint density at radius 1 is 1.33 bits per heavy atom. The van der Waals surface area contributed by atoms with Crippen molar-refractivity contribution in [2.75, 3.05) is 6.61 Å². The van der Waals surface area contributed by atoms with E-state index in [4.69, 9.17) is 10.6 Å². The van der Waals surface area contributed by atoms with Crippen LogP contribution >= 0.6 is 0 Å². The van der Waals surface area contributed by atoms with Crippen molar-refractivity contribution in [3.05, 3.63) is 35.4 Å². The van der Waals surface area contributed by atoms with Gasteiger partial charge in [-0.3, -0.25) is 11.3 Å². The largest absolute Gasteiger partial charge is 0.377 e. The molecule has 1 aromatic rings. The minimum absolute atomic E-state index is 0.0388. The van der Waals surface area contributed by atoms with Gasteiger partial charge in [-0.1, -0.05) is 6.07 Å². The van der Waals surface area contributed by atoms with E-state index in [2.05, 4.69) is 5.43 Å². The second-order valence-electron chi connectivity index (χ2n) is 4.63. The summed E-state index contributed by atoms with van der Waals surface area (Å²) in [6.07, 6.45) is 3.69. The van der Waals surface area contributed by atoms with Crippen molar-refractivity contribution in [2.24, 2.45) is 5.84 Å². The molecule has 2 unspecified atom stereocenters. The summed E-state index contributed by atoms with van der Waals surface area (Å²) < 4.78 is 31.6. The van der Waals surface area contributed by atoms with E-state index in [1.165, 1.54) is 6.07 Å². The molecule has 0 aliphatic carbocycles. The van der Waals surface area contributed by atoms with E-state index in [0.29, 0.717) is 12.0 Å². The lowest BCUT2D eigenvalue weighted by Gasteiger charge is -2.30. The molecule has 0 aromatic heterocycles. The smallest absolute Gasteiger partial charge is 0.159 e. The van der Waals surface area contributed by atoms with E-state index in [0.717, 1.165) is 31.9 Å². The van der Waals surface area contributed by atoms with Crippen molar-refractivity contribution in [2.45, 2.75) is 37.8 Å². The van der Waals surface area contributed by atoms with Gasteiger partial charge in [0.25, 0.3) is 0 Å². The van der Waals surface area contributed by atoms with Gasteiger partial charge in [0.1, 0.15) is 0 Å². The van der Waals surface area contributed by atoms with Gasteiger partial charge in [-0.15, -0.1) is 0 Å². The third-order valence-corrected chi connectivity index (χ3v) is 3.32. The molecule has 5 heteroatoms. The van der Waals surface area contributed by atoms with E-state index in [9.17, 15) is 8.78 Å². The van der Waals surface area contributed by atoms with Crippen molar-refractivity contribution in [3.8, 4) is 0 Å². The van der Waals surface area contributed by atoms with Crippen molar-refractivity contribution >= 4 is 0 Å². The van der Waals surface area contributed by atoms with Crippen LogP contribution in [-0.2, 0) is 11.2 Å². The number of nitrogens with one attached hydrogen (secondary N) is 1. The van der Waals surface area contributed by atoms with Crippen LogP contribution < -0.4 is 11.3 Å². The van der Waals surface area contributed by atoms with Crippen LogP contribution in [0.3, 0.4) is 0 Å². The van der Waals surface area contributed by atoms with Gasteiger partial charge in [-0.2, -0.15) is 0 Å². The molecule has 3 N–H and O–H groups in total. The summed E-state index contributed by atoms with van der Waals surface area (Å²) in [6.45, 7) is 0.737. The standard InChI is InChI=1S/C13H18F2N2O/c14-10-5-4-9(7-11(10)15)8-12(17-16)13-3-1-2-6-18-13/h4-5,7,12-13,17H,1-3,6,8,16H2. The molecular weight excluding hydrogens is 238 g/mol. The Kier molecular flexibility index (Phi) is 4.63.